The van der Waals surface area contributed by atoms with Crippen molar-refractivity contribution in [3.63, 3.8) is 0 Å². The number of likely N-dealkylation sites (tertiary alicyclic amines) is 1. The van der Waals surface area contributed by atoms with Gasteiger partial charge in [0.25, 0.3) is 0 Å². The number of nitrogens with one attached hydrogen (secondary N) is 1. The van der Waals surface area contributed by atoms with E-state index < -0.39 is 0 Å². The van der Waals surface area contributed by atoms with Crippen LogP contribution in [0.3, 0.4) is 0 Å². The van der Waals surface area contributed by atoms with Gasteiger partial charge >= 0.3 is 0 Å². The Morgan fingerprint density at radius 3 is 2.75 bits per heavy atom. The number of hydrogen-bond donors (Lipinski definition) is 1. The van der Waals surface area contributed by atoms with E-state index in [9.17, 15) is 0 Å². The smallest absolute Gasteiger partial charge is 0.194 e. The number of aliphatic imine (C=N–C) groups is 1. The highest BCUT2D eigenvalue weighted by Crippen LogP contribution is 2.18. The van der Waals surface area contributed by atoms with Gasteiger partial charge in [-0.15, -0.1) is 0 Å². The number of nitrogens with zero attached hydrogens (tertiary/aromatic N) is 5. The van der Waals surface area contributed by atoms with Crippen LogP contribution < -0.4 is 5.32 Å². The average molecular weight is 441 g/mol. The zero-order valence-corrected chi connectivity index (χ0v) is 19.4. The molecule has 2 aliphatic heterocycles. The van der Waals surface area contributed by atoms with Crippen LogP contribution in [0.4, 0.5) is 0 Å². The second kappa shape index (κ2) is 11.4. The Morgan fingerprint density at radius 1 is 1.22 bits per heavy atom. The first-order valence-corrected chi connectivity index (χ1v) is 11.9. The molecule has 0 spiro atoms. The van der Waals surface area contributed by atoms with Crippen molar-refractivity contribution >= 4 is 5.96 Å². The molecule has 8 nitrogen and oxygen atoms in total. The summed E-state index contributed by atoms with van der Waals surface area (Å²) in [6, 6.07) is 4.10. The Kier molecular flexibility index (Phi) is 8.12. The molecule has 4 heterocycles. The molecule has 0 aliphatic carbocycles. The topological polar surface area (TPSA) is 76.8 Å². The third kappa shape index (κ3) is 6.07. The fourth-order valence-corrected chi connectivity index (χ4v) is 4.28. The Labute approximate surface area is 191 Å². The van der Waals surface area contributed by atoms with Crippen molar-refractivity contribution in [3.05, 3.63) is 42.1 Å². The van der Waals surface area contributed by atoms with E-state index >= 15 is 0 Å². The first-order chi connectivity index (χ1) is 15.7. The highest BCUT2D eigenvalue weighted by atomic mass is 16.5. The normalized spacial score (nSPS) is 20.5. The molecule has 32 heavy (non-hydrogen) atoms. The predicted molar refractivity (Wildman–Crippen MR) is 125 cm³/mol. The maximum absolute atomic E-state index is 6.16. The van der Waals surface area contributed by atoms with E-state index in [2.05, 4.69) is 33.2 Å². The summed E-state index contributed by atoms with van der Waals surface area (Å²) in [5.74, 6) is 2.77. The van der Waals surface area contributed by atoms with E-state index in [1.54, 1.807) is 6.20 Å². The monoisotopic (exact) mass is 440 g/mol. The molecule has 2 aromatic heterocycles. The number of guanidine groups is 1. The highest BCUT2D eigenvalue weighted by molar-refractivity contribution is 5.80. The largest absolute Gasteiger partial charge is 0.376 e. The minimum absolute atomic E-state index is 0.290. The number of hydrogen-bond acceptors (Lipinski definition) is 5. The summed E-state index contributed by atoms with van der Waals surface area (Å²) in [6.45, 7) is 9.08. The molecule has 0 aromatic carbocycles. The second-order valence-corrected chi connectivity index (χ2v) is 8.55. The quantitative estimate of drug-likeness (QED) is 0.527. The molecule has 2 aliphatic rings. The number of aryl methyl sites for hydroxylation is 1. The van der Waals surface area contributed by atoms with Crippen molar-refractivity contribution in [2.24, 2.45) is 4.99 Å². The predicted octanol–water partition coefficient (Wildman–Crippen LogP) is 3.09. The number of rotatable bonds is 7. The van der Waals surface area contributed by atoms with Crippen molar-refractivity contribution in [3.8, 4) is 5.82 Å². The Morgan fingerprint density at radius 2 is 2.09 bits per heavy atom. The Balaban J connectivity index is 1.28. The van der Waals surface area contributed by atoms with Gasteiger partial charge < -0.3 is 19.7 Å². The summed E-state index contributed by atoms with van der Waals surface area (Å²) in [4.78, 5) is 16.1. The number of ether oxygens (including phenoxy) is 2. The number of imidazole rings is 1. The summed E-state index contributed by atoms with van der Waals surface area (Å²) >= 11 is 0. The average Bonchev–Trinajstić information content (AvgIpc) is 3.27. The summed E-state index contributed by atoms with van der Waals surface area (Å²) in [5.41, 5.74) is 1.09. The van der Waals surface area contributed by atoms with Crippen molar-refractivity contribution in [1.82, 2.24) is 24.8 Å². The third-order valence-corrected chi connectivity index (χ3v) is 6.16. The van der Waals surface area contributed by atoms with Gasteiger partial charge in [0.05, 0.1) is 25.4 Å². The molecule has 2 aromatic rings. The lowest BCUT2D eigenvalue weighted by atomic mass is 10.1. The Bertz CT molecular complexity index is 852. The van der Waals surface area contributed by atoms with Gasteiger partial charge in [0, 0.05) is 44.8 Å². The standard InChI is InChI=1S/C24H36N6O2/c1-3-25-24(28-17-20-7-8-23(27-16-20)30-14-11-26-19(30)2)29-12-9-21(10-13-29)32-18-22-6-4-5-15-31-22/h7-8,11,14,16,21-22H,3-6,9-10,12-13,15,17-18H2,1-2H3,(H,25,28). The van der Waals surface area contributed by atoms with Crippen LogP contribution in [-0.4, -0.2) is 70.5 Å². The van der Waals surface area contributed by atoms with Gasteiger partial charge in [-0.05, 0) is 57.6 Å². The molecule has 8 heteroatoms. The van der Waals surface area contributed by atoms with Gasteiger partial charge in [-0.2, -0.15) is 0 Å². The SMILES string of the molecule is CCNC(=NCc1ccc(-n2ccnc2C)nc1)N1CCC(OCC2CCCCO2)CC1. The number of pyridine rings is 1. The van der Waals surface area contributed by atoms with Crippen LogP contribution in [0.1, 0.15) is 50.4 Å². The zero-order valence-electron chi connectivity index (χ0n) is 19.4. The molecule has 0 saturated carbocycles. The minimum atomic E-state index is 0.290. The van der Waals surface area contributed by atoms with Crippen LogP contribution >= 0.6 is 0 Å². The van der Waals surface area contributed by atoms with Crippen LogP contribution in [-0.2, 0) is 16.0 Å². The molecule has 1 N–H and O–H groups in total. The van der Waals surface area contributed by atoms with Crippen LogP contribution in [0, 0.1) is 6.92 Å². The molecule has 0 bridgehead atoms. The van der Waals surface area contributed by atoms with E-state index in [0.717, 1.165) is 75.3 Å². The highest BCUT2D eigenvalue weighted by Gasteiger charge is 2.23. The van der Waals surface area contributed by atoms with Gasteiger partial charge in [0.1, 0.15) is 11.6 Å². The first-order valence-electron chi connectivity index (χ1n) is 11.9. The van der Waals surface area contributed by atoms with Crippen molar-refractivity contribution in [2.75, 3.05) is 32.8 Å². The molecule has 0 radical (unpaired) electrons. The van der Waals surface area contributed by atoms with Crippen LogP contribution in [0.15, 0.2) is 35.7 Å². The van der Waals surface area contributed by atoms with E-state index in [-0.39, 0.29) is 0 Å². The van der Waals surface area contributed by atoms with Gasteiger partial charge in [0.2, 0.25) is 0 Å². The fourth-order valence-electron chi connectivity index (χ4n) is 4.28. The third-order valence-electron chi connectivity index (χ3n) is 6.16. The van der Waals surface area contributed by atoms with Gasteiger partial charge in [-0.1, -0.05) is 6.07 Å². The molecule has 0 amide bonds. The maximum Gasteiger partial charge on any atom is 0.194 e. The minimum Gasteiger partial charge on any atom is -0.376 e. The van der Waals surface area contributed by atoms with Crippen LogP contribution in [0.5, 0.6) is 0 Å². The van der Waals surface area contributed by atoms with Gasteiger partial charge in [0.15, 0.2) is 5.96 Å². The molecule has 2 saturated heterocycles. The van der Waals surface area contributed by atoms with Crippen molar-refractivity contribution in [2.45, 2.75) is 64.7 Å². The summed E-state index contributed by atoms with van der Waals surface area (Å²) < 4.78 is 13.9. The van der Waals surface area contributed by atoms with Gasteiger partial charge in [-0.3, -0.25) is 4.57 Å². The first kappa shape index (κ1) is 22.7. The molecule has 2 fully saturated rings. The number of aromatic nitrogens is 3. The summed E-state index contributed by atoms with van der Waals surface area (Å²) in [7, 11) is 0. The molecule has 1 unspecified atom stereocenters. The lowest BCUT2D eigenvalue weighted by Gasteiger charge is -2.35. The van der Waals surface area contributed by atoms with Crippen molar-refractivity contribution < 1.29 is 9.47 Å². The summed E-state index contributed by atoms with van der Waals surface area (Å²) in [5, 5.41) is 3.44. The molecule has 1 atom stereocenters. The van der Waals surface area contributed by atoms with Crippen LogP contribution in [0.2, 0.25) is 0 Å². The van der Waals surface area contributed by atoms with Gasteiger partial charge in [-0.25, -0.2) is 15.0 Å². The van der Waals surface area contributed by atoms with E-state index in [4.69, 9.17) is 14.5 Å². The van der Waals surface area contributed by atoms with E-state index in [0.29, 0.717) is 18.8 Å². The molecule has 4 rings (SSSR count). The van der Waals surface area contributed by atoms with E-state index in [1.165, 1.54) is 12.8 Å². The molecule has 174 valence electrons. The number of piperidine rings is 1. The van der Waals surface area contributed by atoms with Crippen LogP contribution in [0.25, 0.3) is 5.82 Å². The lowest BCUT2D eigenvalue weighted by molar-refractivity contribution is -0.0721. The Hall–Kier alpha value is -2.45. The molecular weight excluding hydrogens is 404 g/mol. The second-order valence-electron chi connectivity index (χ2n) is 8.55. The zero-order chi connectivity index (χ0) is 22.2. The summed E-state index contributed by atoms with van der Waals surface area (Å²) in [6.07, 6.45) is 11.9. The maximum atomic E-state index is 6.16. The lowest BCUT2D eigenvalue weighted by Crippen LogP contribution is -2.47. The van der Waals surface area contributed by atoms with E-state index in [1.807, 2.05) is 30.0 Å². The molecular formula is C24H36N6O2. The van der Waals surface area contributed by atoms with Crippen molar-refractivity contribution in [1.29, 1.82) is 0 Å². The fraction of sp³-hybridized carbons (Fsp3) is 0.625.